The predicted molar refractivity (Wildman–Crippen MR) is 72.6 cm³/mol. The summed E-state index contributed by atoms with van der Waals surface area (Å²) in [6.07, 6.45) is 1.38. The van der Waals surface area contributed by atoms with E-state index in [9.17, 15) is 4.79 Å². The molecule has 1 aliphatic rings. The standard InChI is InChI=1S/C15H21NO3/c1-15(10-16,14(17)18-2)9-13-12-6-4-3-5-11(12)7-8-19-13/h3-6,13H,7-10,16H2,1-2H3. The molecule has 1 aliphatic heterocycles. The Hall–Kier alpha value is -1.39. The first kappa shape index (κ1) is 14.0. The zero-order valence-electron chi connectivity index (χ0n) is 11.5. The molecule has 0 amide bonds. The van der Waals surface area contributed by atoms with Crippen LogP contribution in [0.1, 0.15) is 30.6 Å². The highest BCUT2D eigenvalue weighted by Crippen LogP contribution is 2.37. The van der Waals surface area contributed by atoms with E-state index in [2.05, 4.69) is 12.1 Å². The van der Waals surface area contributed by atoms with Gasteiger partial charge in [-0.15, -0.1) is 0 Å². The number of ether oxygens (including phenoxy) is 2. The van der Waals surface area contributed by atoms with E-state index in [-0.39, 0.29) is 18.6 Å². The summed E-state index contributed by atoms with van der Waals surface area (Å²) < 4.78 is 10.7. The molecule has 0 saturated carbocycles. The molecule has 0 spiro atoms. The van der Waals surface area contributed by atoms with Crippen molar-refractivity contribution < 1.29 is 14.3 Å². The number of hydrogen-bond donors (Lipinski definition) is 1. The number of carbonyl (C=O) groups is 1. The smallest absolute Gasteiger partial charge is 0.312 e. The van der Waals surface area contributed by atoms with E-state index in [1.165, 1.54) is 12.7 Å². The highest BCUT2D eigenvalue weighted by Gasteiger charge is 2.37. The van der Waals surface area contributed by atoms with E-state index in [0.29, 0.717) is 13.0 Å². The van der Waals surface area contributed by atoms with Crippen molar-refractivity contribution in [3.05, 3.63) is 35.4 Å². The van der Waals surface area contributed by atoms with Gasteiger partial charge < -0.3 is 15.2 Å². The van der Waals surface area contributed by atoms with E-state index in [1.54, 1.807) is 0 Å². The molecule has 2 rings (SSSR count). The Morgan fingerprint density at radius 3 is 2.95 bits per heavy atom. The molecule has 0 fully saturated rings. The Balaban J connectivity index is 2.22. The number of rotatable bonds is 4. The maximum atomic E-state index is 11.9. The molecule has 0 radical (unpaired) electrons. The average molecular weight is 263 g/mol. The fourth-order valence-corrected chi connectivity index (χ4v) is 2.55. The minimum absolute atomic E-state index is 0.0856. The van der Waals surface area contributed by atoms with Crippen molar-refractivity contribution in [2.24, 2.45) is 11.1 Å². The fraction of sp³-hybridized carbons (Fsp3) is 0.533. The Kier molecular flexibility index (Phi) is 4.22. The number of carbonyl (C=O) groups excluding carboxylic acids is 1. The van der Waals surface area contributed by atoms with Crippen LogP contribution >= 0.6 is 0 Å². The molecule has 4 heteroatoms. The van der Waals surface area contributed by atoms with Crippen LogP contribution in [0.15, 0.2) is 24.3 Å². The van der Waals surface area contributed by atoms with Crippen molar-refractivity contribution in [2.45, 2.75) is 25.9 Å². The first-order chi connectivity index (χ1) is 9.10. The quantitative estimate of drug-likeness (QED) is 0.842. The third kappa shape index (κ3) is 2.80. The minimum Gasteiger partial charge on any atom is -0.469 e. The second kappa shape index (κ2) is 5.72. The van der Waals surface area contributed by atoms with Gasteiger partial charge in [-0.3, -0.25) is 4.79 Å². The topological polar surface area (TPSA) is 61.5 Å². The highest BCUT2D eigenvalue weighted by atomic mass is 16.5. The minimum atomic E-state index is -0.704. The number of fused-ring (bicyclic) bond motifs is 1. The third-order valence-electron chi connectivity index (χ3n) is 3.86. The SMILES string of the molecule is COC(=O)C(C)(CN)CC1OCCc2ccccc21. The van der Waals surface area contributed by atoms with Crippen LogP contribution in [0.2, 0.25) is 0 Å². The number of benzene rings is 1. The molecule has 1 aromatic carbocycles. The van der Waals surface area contributed by atoms with Gasteiger partial charge in [-0.2, -0.15) is 0 Å². The summed E-state index contributed by atoms with van der Waals surface area (Å²) in [4.78, 5) is 11.9. The second-order valence-electron chi connectivity index (χ2n) is 5.27. The first-order valence-electron chi connectivity index (χ1n) is 6.58. The maximum absolute atomic E-state index is 11.9. The van der Waals surface area contributed by atoms with Crippen molar-refractivity contribution >= 4 is 5.97 Å². The van der Waals surface area contributed by atoms with Crippen LogP contribution in [-0.2, 0) is 20.7 Å². The van der Waals surface area contributed by atoms with E-state index in [1.807, 2.05) is 19.1 Å². The predicted octanol–water partition coefficient (Wildman–Crippen LogP) is 1.83. The van der Waals surface area contributed by atoms with Crippen LogP contribution in [0.3, 0.4) is 0 Å². The van der Waals surface area contributed by atoms with Crippen molar-refractivity contribution in [1.29, 1.82) is 0 Å². The summed E-state index contributed by atoms with van der Waals surface area (Å²) in [5.41, 5.74) is 7.52. The maximum Gasteiger partial charge on any atom is 0.312 e. The molecule has 104 valence electrons. The Bertz CT molecular complexity index is 460. The lowest BCUT2D eigenvalue weighted by atomic mass is 9.81. The zero-order valence-corrected chi connectivity index (χ0v) is 11.5. The Morgan fingerprint density at radius 2 is 2.26 bits per heavy atom. The van der Waals surface area contributed by atoms with Crippen molar-refractivity contribution in [3.8, 4) is 0 Å². The van der Waals surface area contributed by atoms with Crippen molar-refractivity contribution in [3.63, 3.8) is 0 Å². The third-order valence-corrected chi connectivity index (χ3v) is 3.86. The molecule has 0 aromatic heterocycles. The molecule has 2 unspecified atom stereocenters. The van der Waals surface area contributed by atoms with E-state index in [4.69, 9.17) is 15.2 Å². The van der Waals surface area contributed by atoms with Crippen LogP contribution in [0.5, 0.6) is 0 Å². The van der Waals surface area contributed by atoms with Crippen molar-refractivity contribution in [2.75, 3.05) is 20.3 Å². The number of methoxy groups -OCH3 is 1. The van der Waals surface area contributed by atoms with E-state index >= 15 is 0 Å². The van der Waals surface area contributed by atoms with Crippen molar-refractivity contribution in [1.82, 2.24) is 0 Å². The van der Waals surface area contributed by atoms with Gasteiger partial charge in [0.2, 0.25) is 0 Å². The van der Waals surface area contributed by atoms with Gasteiger partial charge in [-0.1, -0.05) is 24.3 Å². The lowest BCUT2D eigenvalue weighted by Crippen LogP contribution is -2.39. The lowest BCUT2D eigenvalue weighted by molar-refractivity contribution is -0.153. The fourth-order valence-electron chi connectivity index (χ4n) is 2.55. The molecule has 1 aromatic rings. The first-order valence-corrected chi connectivity index (χ1v) is 6.58. The summed E-state index contributed by atoms with van der Waals surface area (Å²) >= 11 is 0. The molecule has 0 aliphatic carbocycles. The summed E-state index contributed by atoms with van der Waals surface area (Å²) in [5.74, 6) is -0.276. The molecule has 19 heavy (non-hydrogen) atoms. The second-order valence-corrected chi connectivity index (χ2v) is 5.27. The van der Waals surface area contributed by atoms with Gasteiger partial charge in [0.05, 0.1) is 25.2 Å². The summed E-state index contributed by atoms with van der Waals surface area (Å²) in [6.45, 7) is 2.77. The zero-order chi connectivity index (χ0) is 13.9. The Morgan fingerprint density at radius 1 is 1.53 bits per heavy atom. The molecule has 0 saturated heterocycles. The van der Waals surface area contributed by atoms with E-state index < -0.39 is 5.41 Å². The van der Waals surface area contributed by atoms with Crippen LogP contribution in [-0.4, -0.2) is 26.2 Å². The largest absolute Gasteiger partial charge is 0.469 e. The van der Waals surface area contributed by atoms with Gasteiger partial charge in [-0.25, -0.2) is 0 Å². The average Bonchev–Trinajstić information content (AvgIpc) is 2.46. The molecular formula is C15H21NO3. The normalized spacial score (nSPS) is 21.3. The summed E-state index contributed by atoms with van der Waals surface area (Å²) in [7, 11) is 1.39. The monoisotopic (exact) mass is 263 g/mol. The molecular weight excluding hydrogens is 242 g/mol. The van der Waals surface area contributed by atoms with Crippen LogP contribution in [0.25, 0.3) is 0 Å². The van der Waals surface area contributed by atoms with E-state index in [0.717, 1.165) is 12.0 Å². The lowest BCUT2D eigenvalue weighted by Gasteiger charge is -2.33. The van der Waals surface area contributed by atoms with Gasteiger partial charge in [0, 0.05) is 6.54 Å². The highest BCUT2D eigenvalue weighted by molar-refractivity contribution is 5.76. The molecule has 0 bridgehead atoms. The molecule has 4 nitrogen and oxygen atoms in total. The summed E-state index contributed by atoms with van der Waals surface area (Å²) in [6, 6.07) is 8.21. The van der Waals surface area contributed by atoms with Gasteiger partial charge in [0.1, 0.15) is 0 Å². The number of esters is 1. The number of nitrogens with two attached hydrogens (primary N) is 1. The number of hydrogen-bond acceptors (Lipinski definition) is 4. The van der Waals surface area contributed by atoms with Gasteiger partial charge in [0.25, 0.3) is 0 Å². The molecule has 1 heterocycles. The van der Waals surface area contributed by atoms with Crippen LogP contribution in [0.4, 0.5) is 0 Å². The van der Waals surface area contributed by atoms with Crippen LogP contribution < -0.4 is 5.73 Å². The molecule has 2 N–H and O–H groups in total. The Labute approximate surface area is 113 Å². The van der Waals surface area contributed by atoms with Gasteiger partial charge >= 0.3 is 5.97 Å². The van der Waals surface area contributed by atoms with Gasteiger partial charge in [-0.05, 0) is 30.9 Å². The van der Waals surface area contributed by atoms with Gasteiger partial charge in [0.15, 0.2) is 0 Å². The van der Waals surface area contributed by atoms with Crippen LogP contribution in [0, 0.1) is 5.41 Å². The molecule has 2 atom stereocenters. The summed E-state index contributed by atoms with van der Waals surface area (Å²) in [5, 5.41) is 0.